The van der Waals surface area contributed by atoms with Gasteiger partial charge in [0.05, 0.1) is 6.33 Å². The molecule has 0 atom stereocenters. The molecule has 1 aromatic heterocycles. The number of hydrogen-bond acceptors (Lipinski definition) is 2. The van der Waals surface area contributed by atoms with Crippen LogP contribution in [0.5, 0.6) is 0 Å². The van der Waals surface area contributed by atoms with E-state index in [0.717, 1.165) is 13.1 Å². The van der Waals surface area contributed by atoms with Crippen molar-refractivity contribution in [3.63, 3.8) is 0 Å². The van der Waals surface area contributed by atoms with E-state index in [1.165, 1.54) is 36.2 Å². The molecule has 0 spiro atoms. The molecule has 1 N–H and O–H groups in total. The topological polar surface area (TPSA) is 29.9 Å². The van der Waals surface area contributed by atoms with Gasteiger partial charge in [-0.05, 0) is 37.1 Å². The Morgan fingerprint density at radius 3 is 3.00 bits per heavy atom. The smallest absolute Gasteiger partial charge is 0.0994 e. The van der Waals surface area contributed by atoms with E-state index in [2.05, 4.69) is 46.1 Å². The third-order valence-electron chi connectivity index (χ3n) is 3.96. The molecule has 1 aromatic carbocycles. The summed E-state index contributed by atoms with van der Waals surface area (Å²) in [7, 11) is 0. The fourth-order valence-electron chi connectivity index (χ4n) is 2.61. The van der Waals surface area contributed by atoms with Crippen LogP contribution in [0.2, 0.25) is 0 Å². The number of rotatable bonds is 5. The second-order valence-corrected chi connectivity index (χ2v) is 5.27. The van der Waals surface area contributed by atoms with Crippen LogP contribution in [0.1, 0.15) is 43.4 Å². The molecule has 3 nitrogen and oxygen atoms in total. The van der Waals surface area contributed by atoms with Gasteiger partial charge in [-0.25, -0.2) is 4.98 Å². The predicted octanol–water partition coefficient (Wildman–Crippen LogP) is 3.25. The molecule has 0 amide bonds. The monoisotopic (exact) mass is 255 g/mol. The van der Waals surface area contributed by atoms with Crippen molar-refractivity contribution >= 4 is 0 Å². The summed E-state index contributed by atoms with van der Waals surface area (Å²) in [5.41, 5.74) is 3.93. The van der Waals surface area contributed by atoms with Gasteiger partial charge in [0, 0.05) is 30.0 Å². The summed E-state index contributed by atoms with van der Waals surface area (Å²) in [6.45, 7) is 4.06. The van der Waals surface area contributed by atoms with E-state index in [1.54, 1.807) is 0 Å². The van der Waals surface area contributed by atoms with Gasteiger partial charge in [-0.3, -0.25) is 0 Å². The number of imidazole rings is 1. The van der Waals surface area contributed by atoms with Crippen molar-refractivity contribution in [2.75, 3.05) is 6.54 Å². The Morgan fingerprint density at radius 1 is 1.37 bits per heavy atom. The first-order chi connectivity index (χ1) is 9.38. The maximum Gasteiger partial charge on any atom is 0.0994 e. The summed E-state index contributed by atoms with van der Waals surface area (Å²) in [5.74, 6) is 0.708. The Balaban J connectivity index is 1.87. The van der Waals surface area contributed by atoms with Crippen molar-refractivity contribution in [1.29, 1.82) is 0 Å². The number of hydrogen-bond donors (Lipinski definition) is 1. The van der Waals surface area contributed by atoms with Gasteiger partial charge in [-0.2, -0.15) is 0 Å². The van der Waals surface area contributed by atoms with E-state index in [-0.39, 0.29) is 0 Å². The van der Waals surface area contributed by atoms with Crippen LogP contribution in [0.3, 0.4) is 0 Å². The molecule has 100 valence electrons. The molecule has 1 saturated carbocycles. The van der Waals surface area contributed by atoms with Gasteiger partial charge in [0.1, 0.15) is 0 Å². The first-order valence-corrected chi connectivity index (χ1v) is 7.20. The lowest BCUT2D eigenvalue weighted by Crippen LogP contribution is -2.14. The lowest BCUT2D eigenvalue weighted by molar-refractivity contribution is 0.407. The second kappa shape index (κ2) is 5.57. The SMILES string of the molecule is CCNCc1cccc(-n2cncc2C2CCC2)c1. The quantitative estimate of drug-likeness (QED) is 0.888. The molecular weight excluding hydrogens is 234 g/mol. The summed E-state index contributed by atoms with van der Waals surface area (Å²) >= 11 is 0. The van der Waals surface area contributed by atoms with Crippen LogP contribution in [-0.2, 0) is 6.54 Å². The summed E-state index contributed by atoms with van der Waals surface area (Å²) in [5, 5.41) is 3.37. The third kappa shape index (κ3) is 2.56. The van der Waals surface area contributed by atoms with E-state index in [1.807, 2.05) is 12.5 Å². The lowest BCUT2D eigenvalue weighted by Gasteiger charge is -2.26. The van der Waals surface area contributed by atoms with E-state index in [9.17, 15) is 0 Å². The zero-order chi connectivity index (χ0) is 13.1. The minimum absolute atomic E-state index is 0.708. The molecule has 0 saturated heterocycles. The molecule has 2 aromatic rings. The van der Waals surface area contributed by atoms with Crippen molar-refractivity contribution in [3.8, 4) is 5.69 Å². The Kier molecular flexibility index (Phi) is 3.65. The highest BCUT2D eigenvalue weighted by Gasteiger charge is 2.23. The average Bonchev–Trinajstić information content (AvgIpc) is 2.83. The van der Waals surface area contributed by atoms with E-state index in [4.69, 9.17) is 0 Å². The molecule has 0 aliphatic heterocycles. The van der Waals surface area contributed by atoms with Gasteiger partial charge in [-0.15, -0.1) is 0 Å². The summed E-state index contributed by atoms with van der Waals surface area (Å²) in [4.78, 5) is 4.34. The maximum absolute atomic E-state index is 4.34. The lowest BCUT2D eigenvalue weighted by atomic mass is 9.83. The molecular formula is C16H21N3. The molecule has 1 fully saturated rings. The molecule has 1 heterocycles. The molecule has 0 bridgehead atoms. The normalized spacial score (nSPS) is 15.4. The summed E-state index contributed by atoms with van der Waals surface area (Å²) in [6.07, 6.45) is 7.95. The van der Waals surface area contributed by atoms with Crippen LogP contribution in [-0.4, -0.2) is 16.1 Å². The van der Waals surface area contributed by atoms with Gasteiger partial charge in [-0.1, -0.05) is 25.5 Å². The average molecular weight is 255 g/mol. The predicted molar refractivity (Wildman–Crippen MR) is 77.5 cm³/mol. The second-order valence-electron chi connectivity index (χ2n) is 5.27. The highest BCUT2D eigenvalue weighted by atomic mass is 15.1. The molecule has 0 radical (unpaired) electrons. The minimum atomic E-state index is 0.708. The Morgan fingerprint density at radius 2 is 2.26 bits per heavy atom. The first-order valence-electron chi connectivity index (χ1n) is 7.20. The molecule has 19 heavy (non-hydrogen) atoms. The van der Waals surface area contributed by atoms with Crippen molar-refractivity contribution in [2.45, 2.75) is 38.6 Å². The van der Waals surface area contributed by atoms with Crippen LogP contribution < -0.4 is 5.32 Å². The van der Waals surface area contributed by atoms with Gasteiger partial charge in [0.15, 0.2) is 0 Å². The van der Waals surface area contributed by atoms with Crippen LogP contribution in [0.25, 0.3) is 5.69 Å². The fourth-order valence-corrected chi connectivity index (χ4v) is 2.61. The standard InChI is InChI=1S/C16H21N3/c1-2-17-10-13-5-3-8-15(9-13)19-12-18-11-16(19)14-6-4-7-14/h3,5,8-9,11-12,14,17H,2,4,6-7,10H2,1H3. The molecule has 1 aliphatic rings. The van der Waals surface area contributed by atoms with Crippen molar-refractivity contribution in [2.24, 2.45) is 0 Å². The Labute approximate surface area is 114 Å². The maximum atomic E-state index is 4.34. The number of nitrogens with one attached hydrogen (secondary N) is 1. The van der Waals surface area contributed by atoms with E-state index in [0.29, 0.717) is 5.92 Å². The zero-order valence-corrected chi connectivity index (χ0v) is 11.5. The molecule has 3 rings (SSSR count). The number of aromatic nitrogens is 2. The fraction of sp³-hybridized carbons (Fsp3) is 0.438. The highest BCUT2D eigenvalue weighted by Crippen LogP contribution is 2.36. The number of nitrogens with zero attached hydrogens (tertiary/aromatic N) is 2. The largest absolute Gasteiger partial charge is 0.313 e. The van der Waals surface area contributed by atoms with Crippen molar-refractivity contribution in [3.05, 3.63) is 48.0 Å². The zero-order valence-electron chi connectivity index (χ0n) is 11.5. The first kappa shape index (κ1) is 12.4. The van der Waals surface area contributed by atoms with Crippen LogP contribution >= 0.6 is 0 Å². The molecule has 1 aliphatic carbocycles. The van der Waals surface area contributed by atoms with Crippen LogP contribution in [0.15, 0.2) is 36.8 Å². The van der Waals surface area contributed by atoms with Gasteiger partial charge < -0.3 is 9.88 Å². The van der Waals surface area contributed by atoms with E-state index < -0.39 is 0 Å². The van der Waals surface area contributed by atoms with Gasteiger partial charge in [0.25, 0.3) is 0 Å². The number of benzene rings is 1. The van der Waals surface area contributed by atoms with Gasteiger partial charge >= 0.3 is 0 Å². The molecule has 0 unspecified atom stereocenters. The van der Waals surface area contributed by atoms with Crippen molar-refractivity contribution < 1.29 is 0 Å². The van der Waals surface area contributed by atoms with Gasteiger partial charge in [0.2, 0.25) is 0 Å². The Hall–Kier alpha value is -1.61. The summed E-state index contributed by atoms with van der Waals surface area (Å²) in [6, 6.07) is 8.73. The van der Waals surface area contributed by atoms with Crippen LogP contribution in [0.4, 0.5) is 0 Å². The minimum Gasteiger partial charge on any atom is -0.313 e. The molecule has 3 heteroatoms. The van der Waals surface area contributed by atoms with E-state index >= 15 is 0 Å². The van der Waals surface area contributed by atoms with Crippen molar-refractivity contribution in [1.82, 2.24) is 14.9 Å². The highest BCUT2D eigenvalue weighted by molar-refractivity contribution is 5.38. The Bertz CT molecular complexity index is 540. The summed E-state index contributed by atoms with van der Waals surface area (Å²) < 4.78 is 2.25. The van der Waals surface area contributed by atoms with Crippen LogP contribution in [0, 0.1) is 0 Å². The third-order valence-corrected chi connectivity index (χ3v) is 3.96.